The molecule has 0 saturated carbocycles. The van der Waals surface area contributed by atoms with E-state index in [0.717, 1.165) is 6.42 Å². The van der Waals surface area contributed by atoms with Crippen molar-refractivity contribution in [2.75, 3.05) is 20.3 Å². The van der Waals surface area contributed by atoms with Gasteiger partial charge in [0.15, 0.2) is 0 Å². The summed E-state index contributed by atoms with van der Waals surface area (Å²) < 4.78 is 5.07. The Morgan fingerprint density at radius 1 is 1.53 bits per heavy atom. The van der Waals surface area contributed by atoms with Crippen molar-refractivity contribution in [2.24, 2.45) is 11.1 Å². The molecular weight excluding hydrogens is 244 g/mol. The van der Waals surface area contributed by atoms with Gasteiger partial charge in [0.05, 0.1) is 5.41 Å². The first-order valence-corrected chi connectivity index (χ1v) is 6.51. The predicted molar refractivity (Wildman–Crippen MR) is 73.3 cm³/mol. The minimum absolute atomic E-state index is 0.0745. The molecule has 5 heteroatoms. The molecule has 0 aliphatic heterocycles. The Kier molecular flexibility index (Phi) is 5.76. The van der Waals surface area contributed by atoms with Crippen molar-refractivity contribution in [1.29, 1.82) is 0 Å². The second-order valence-electron chi connectivity index (χ2n) is 4.75. The van der Waals surface area contributed by atoms with Crippen LogP contribution < -0.4 is 11.1 Å². The van der Waals surface area contributed by atoms with Crippen LogP contribution in [0.15, 0.2) is 23.8 Å². The standard InChI is InChI=1S/C14H22N2O3/c1-3-8-16-13(18)14(7-9-19-2)6-4-5-11(10-14)12(15)17/h4-6H,3,7-10H2,1-2H3,(H2,15,17)(H,16,18). The van der Waals surface area contributed by atoms with Gasteiger partial charge in [0.25, 0.3) is 0 Å². The van der Waals surface area contributed by atoms with Gasteiger partial charge in [-0.15, -0.1) is 0 Å². The third-order valence-corrected chi connectivity index (χ3v) is 3.28. The van der Waals surface area contributed by atoms with Gasteiger partial charge in [-0.2, -0.15) is 0 Å². The van der Waals surface area contributed by atoms with Crippen molar-refractivity contribution in [1.82, 2.24) is 5.32 Å². The van der Waals surface area contributed by atoms with Gasteiger partial charge in [0.2, 0.25) is 11.8 Å². The van der Waals surface area contributed by atoms with Crippen LogP contribution in [0.25, 0.3) is 0 Å². The van der Waals surface area contributed by atoms with Gasteiger partial charge in [-0.1, -0.05) is 25.2 Å². The number of hydrogen-bond acceptors (Lipinski definition) is 3. The molecule has 1 aliphatic carbocycles. The molecule has 0 aromatic carbocycles. The molecule has 0 fully saturated rings. The molecule has 0 spiro atoms. The molecule has 19 heavy (non-hydrogen) atoms. The number of primary amides is 1. The van der Waals surface area contributed by atoms with Crippen molar-refractivity contribution >= 4 is 11.8 Å². The Morgan fingerprint density at radius 3 is 2.84 bits per heavy atom. The number of hydrogen-bond donors (Lipinski definition) is 2. The number of rotatable bonds is 7. The lowest BCUT2D eigenvalue weighted by Gasteiger charge is -2.31. The van der Waals surface area contributed by atoms with E-state index in [2.05, 4.69) is 5.32 Å². The van der Waals surface area contributed by atoms with Crippen LogP contribution in [-0.4, -0.2) is 32.1 Å². The highest BCUT2D eigenvalue weighted by molar-refractivity contribution is 5.95. The van der Waals surface area contributed by atoms with Crippen LogP contribution in [0.5, 0.6) is 0 Å². The molecule has 0 aromatic rings. The van der Waals surface area contributed by atoms with E-state index in [1.165, 1.54) is 0 Å². The first-order valence-electron chi connectivity index (χ1n) is 6.51. The number of methoxy groups -OCH3 is 1. The fraction of sp³-hybridized carbons (Fsp3) is 0.571. The topological polar surface area (TPSA) is 81.4 Å². The molecule has 2 amide bonds. The molecule has 106 valence electrons. The first kappa shape index (κ1) is 15.4. The van der Waals surface area contributed by atoms with Crippen LogP contribution in [0.2, 0.25) is 0 Å². The maximum absolute atomic E-state index is 12.4. The monoisotopic (exact) mass is 266 g/mol. The summed E-state index contributed by atoms with van der Waals surface area (Å²) in [5.74, 6) is -0.552. The first-order chi connectivity index (χ1) is 9.05. The third-order valence-electron chi connectivity index (χ3n) is 3.28. The maximum atomic E-state index is 12.4. The summed E-state index contributed by atoms with van der Waals surface area (Å²) in [5, 5.41) is 2.89. The lowest BCUT2D eigenvalue weighted by Crippen LogP contribution is -2.42. The van der Waals surface area contributed by atoms with E-state index in [-0.39, 0.29) is 5.91 Å². The zero-order chi connectivity index (χ0) is 14.3. The van der Waals surface area contributed by atoms with Crippen molar-refractivity contribution in [3.63, 3.8) is 0 Å². The zero-order valence-corrected chi connectivity index (χ0v) is 11.6. The largest absolute Gasteiger partial charge is 0.385 e. The molecule has 0 bridgehead atoms. The van der Waals surface area contributed by atoms with E-state index >= 15 is 0 Å². The molecule has 0 radical (unpaired) electrons. The van der Waals surface area contributed by atoms with Crippen molar-refractivity contribution in [2.45, 2.75) is 26.2 Å². The van der Waals surface area contributed by atoms with E-state index in [0.29, 0.717) is 31.6 Å². The summed E-state index contributed by atoms with van der Waals surface area (Å²) in [5.41, 5.74) is 5.06. The molecule has 1 atom stereocenters. The van der Waals surface area contributed by atoms with Crippen molar-refractivity contribution < 1.29 is 14.3 Å². The quantitative estimate of drug-likeness (QED) is 0.718. The molecule has 5 nitrogen and oxygen atoms in total. The van der Waals surface area contributed by atoms with Crippen LogP contribution in [0.1, 0.15) is 26.2 Å². The Hall–Kier alpha value is -1.62. The predicted octanol–water partition coefficient (Wildman–Crippen LogP) is 0.907. The van der Waals surface area contributed by atoms with Gasteiger partial charge in [0, 0.05) is 25.8 Å². The third kappa shape index (κ3) is 3.92. The lowest BCUT2D eigenvalue weighted by atomic mass is 9.75. The summed E-state index contributed by atoms with van der Waals surface area (Å²) in [6.45, 7) is 3.07. The second-order valence-corrected chi connectivity index (χ2v) is 4.75. The average molecular weight is 266 g/mol. The molecule has 0 aromatic heterocycles. The number of nitrogens with two attached hydrogens (primary N) is 1. The molecule has 1 unspecified atom stereocenters. The Labute approximate surface area is 113 Å². The fourth-order valence-electron chi connectivity index (χ4n) is 2.12. The average Bonchev–Trinajstić information content (AvgIpc) is 2.42. The van der Waals surface area contributed by atoms with E-state index in [1.54, 1.807) is 19.3 Å². The highest BCUT2D eigenvalue weighted by Crippen LogP contribution is 2.35. The summed E-state index contributed by atoms with van der Waals surface area (Å²) in [4.78, 5) is 23.7. The molecule has 1 aliphatic rings. The second kappa shape index (κ2) is 7.09. The molecular formula is C14H22N2O3. The van der Waals surface area contributed by atoms with Crippen LogP contribution >= 0.6 is 0 Å². The molecule has 0 saturated heterocycles. The van der Waals surface area contributed by atoms with Gasteiger partial charge < -0.3 is 15.8 Å². The molecule has 3 N–H and O–H groups in total. The SMILES string of the molecule is CCCNC(=O)C1(CCOC)C=CC=C(C(N)=O)C1. The highest BCUT2D eigenvalue weighted by Gasteiger charge is 2.38. The van der Waals surface area contributed by atoms with Crippen molar-refractivity contribution in [3.8, 4) is 0 Å². The van der Waals surface area contributed by atoms with Gasteiger partial charge in [0.1, 0.15) is 0 Å². The van der Waals surface area contributed by atoms with Crippen LogP contribution in [-0.2, 0) is 14.3 Å². The summed E-state index contributed by atoms with van der Waals surface area (Å²) in [6.07, 6.45) is 6.96. The van der Waals surface area contributed by atoms with Crippen LogP contribution in [0, 0.1) is 5.41 Å². The molecule has 0 heterocycles. The van der Waals surface area contributed by atoms with Gasteiger partial charge in [-0.25, -0.2) is 0 Å². The van der Waals surface area contributed by atoms with Crippen LogP contribution in [0.4, 0.5) is 0 Å². The smallest absolute Gasteiger partial charge is 0.244 e. The lowest BCUT2D eigenvalue weighted by molar-refractivity contribution is -0.129. The van der Waals surface area contributed by atoms with E-state index < -0.39 is 11.3 Å². The molecule has 1 rings (SSSR count). The van der Waals surface area contributed by atoms with Gasteiger partial charge >= 0.3 is 0 Å². The van der Waals surface area contributed by atoms with E-state index in [4.69, 9.17) is 10.5 Å². The Bertz CT molecular complexity index is 401. The van der Waals surface area contributed by atoms with Gasteiger partial charge in [-0.05, 0) is 19.3 Å². The fourth-order valence-corrected chi connectivity index (χ4v) is 2.12. The van der Waals surface area contributed by atoms with Crippen LogP contribution in [0.3, 0.4) is 0 Å². The summed E-state index contributed by atoms with van der Waals surface area (Å²) in [7, 11) is 1.59. The zero-order valence-electron chi connectivity index (χ0n) is 11.6. The number of nitrogens with one attached hydrogen (secondary N) is 1. The maximum Gasteiger partial charge on any atom is 0.244 e. The number of ether oxygens (including phenoxy) is 1. The minimum Gasteiger partial charge on any atom is -0.385 e. The summed E-state index contributed by atoms with van der Waals surface area (Å²) in [6, 6.07) is 0. The minimum atomic E-state index is -0.732. The van der Waals surface area contributed by atoms with E-state index in [9.17, 15) is 9.59 Å². The highest BCUT2D eigenvalue weighted by atomic mass is 16.5. The Balaban J connectivity index is 2.89. The van der Waals surface area contributed by atoms with E-state index in [1.807, 2.05) is 13.0 Å². The number of allylic oxidation sites excluding steroid dienone is 2. The summed E-state index contributed by atoms with van der Waals surface area (Å²) >= 11 is 0. The van der Waals surface area contributed by atoms with Gasteiger partial charge in [-0.3, -0.25) is 9.59 Å². The number of carbonyl (C=O) groups is 2. The Morgan fingerprint density at radius 2 is 2.26 bits per heavy atom. The number of carbonyl (C=O) groups excluding carboxylic acids is 2. The number of amides is 2. The normalized spacial score (nSPS) is 21.9. The van der Waals surface area contributed by atoms with Crippen molar-refractivity contribution in [3.05, 3.63) is 23.8 Å².